The van der Waals surface area contributed by atoms with Crippen LogP contribution in [0.25, 0.3) is 0 Å². The van der Waals surface area contributed by atoms with E-state index in [1.807, 2.05) is 0 Å². The topological polar surface area (TPSA) is 48.0 Å². The lowest BCUT2D eigenvalue weighted by Gasteiger charge is -2.17. The Balaban J connectivity index is 2.59. The number of ether oxygens (including phenoxy) is 1. The molecule has 0 bridgehead atoms. The van der Waals surface area contributed by atoms with E-state index in [1.165, 1.54) is 7.11 Å². The molecule has 1 heterocycles. The molecule has 0 aromatic carbocycles. The third kappa shape index (κ3) is 2.23. The van der Waals surface area contributed by atoms with E-state index in [0.717, 1.165) is 5.23 Å². The molecule has 0 radical (unpaired) electrons. The van der Waals surface area contributed by atoms with Gasteiger partial charge >= 0.3 is 5.97 Å². The molecule has 0 amide bonds. The second-order valence-corrected chi connectivity index (χ2v) is 2.73. The maximum atomic E-state index is 11.4. The van der Waals surface area contributed by atoms with Gasteiger partial charge in [0.05, 0.1) is 13.7 Å². The minimum Gasteiger partial charge on any atom is -0.465 e. The van der Waals surface area contributed by atoms with Crippen molar-refractivity contribution in [2.24, 2.45) is 0 Å². The van der Waals surface area contributed by atoms with E-state index < -0.39 is 12.1 Å². The minimum absolute atomic E-state index is 0.327. The Labute approximate surface area is 82.8 Å². The van der Waals surface area contributed by atoms with Crippen LogP contribution in [-0.2, 0) is 19.2 Å². The van der Waals surface area contributed by atoms with Crippen molar-refractivity contribution in [1.82, 2.24) is 5.23 Å². The monoisotopic (exact) mass is 199 g/mol. The molecule has 1 fully saturated rings. The average Bonchev–Trinajstić information content (AvgIpc) is 2.61. The summed E-state index contributed by atoms with van der Waals surface area (Å²) in [5.74, 6) is 2.02. The van der Waals surface area contributed by atoms with Gasteiger partial charge < -0.3 is 4.74 Å². The number of hydrogen-bond donors (Lipinski definition) is 0. The van der Waals surface area contributed by atoms with Gasteiger partial charge in [-0.1, -0.05) is 11.1 Å². The van der Waals surface area contributed by atoms with E-state index >= 15 is 0 Å². The van der Waals surface area contributed by atoms with Crippen LogP contribution in [-0.4, -0.2) is 37.1 Å². The van der Waals surface area contributed by atoms with Crippen molar-refractivity contribution in [1.29, 1.82) is 0 Å². The van der Waals surface area contributed by atoms with E-state index in [4.69, 9.17) is 20.8 Å². The predicted molar refractivity (Wildman–Crippen MR) is 47.6 cm³/mol. The van der Waals surface area contributed by atoms with Gasteiger partial charge in [0.1, 0.15) is 6.10 Å². The van der Waals surface area contributed by atoms with Gasteiger partial charge in [0.25, 0.3) is 0 Å². The van der Waals surface area contributed by atoms with Gasteiger partial charge in [0.2, 0.25) is 0 Å². The second-order valence-electron chi connectivity index (χ2n) is 2.73. The zero-order valence-electron chi connectivity index (χ0n) is 8.23. The SMILES string of the molecule is C#CC1CC(C(=O)OCC)N(OC)O1. The molecule has 5 heteroatoms. The molecule has 1 rings (SSSR count). The fraction of sp³-hybridized carbons (Fsp3) is 0.667. The Morgan fingerprint density at radius 3 is 3.00 bits per heavy atom. The first-order chi connectivity index (χ1) is 6.72. The summed E-state index contributed by atoms with van der Waals surface area (Å²) in [5, 5.41) is 1.09. The molecule has 0 N–H and O–H groups in total. The maximum Gasteiger partial charge on any atom is 0.328 e. The van der Waals surface area contributed by atoms with Crippen molar-refractivity contribution in [2.75, 3.05) is 13.7 Å². The average molecular weight is 199 g/mol. The fourth-order valence-electron chi connectivity index (χ4n) is 1.22. The quantitative estimate of drug-likeness (QED) is 0.477. The zero-order chi connectivity index (χ0) is 10.6. The number of terminal acetylenes is 1. The Morgan fingerprint density at radius 2 is 2.50 bits per heavy atom. The van der Waals surface area contributed by atoms with Crippen molar-refractivity contribution >= 4 is 5.97 Å². The summed E-state index contributed by atoms with van der Waals surface area (Å²) in [6.07, 6.45) is 5.14. The minimum atomic E-state index is -0.569. The normalized spacial score (nSPS) is 27.2. The zero-order valence-corrected chi connectivity index (χ0v) is 8.23. The molecule has 0 aliphatic carbocycles. The van der Waals surface area contributed by atoms with Gasteiger partial charge in [-0.3, -0.25) is 14.5 Å². The molecule has 14 heavy (non-hydrogen) atoms. The van der Waals surface area contributed by atoms with Crippen molar-refractivity contribution in [3.8, 4) is 12.3 Å². The summed E-state index contributed by atoms with van der Waals surface area (Å²) in [6.45, 7) is 2.07. The van der Waals surface area contributed by atoms with Crippen LogP contribution in [0.4, 0.5) is 0 Å². The standard InChI is InChI=1S/C9H13NO4/c1-4-7-6-8(9(11)13-5-2)10(12-3)14-7/h1,7-8H,5-6H2,2-3H3. The summed E-state index contributed by atoms with van der Waals surface area (Å²) < 4.78 is 4.84. The third-order valence-electron chi connectivity index (χ3n) is 1.85. The Morgan fingerprint density at radius 1 is 1.79 bits per heavy atom. The molecular weight excluding hydrogens is 186 g/mol. The number of carbonyl (C=O) groups is 1. The highest BCUT2D eigenvalue weighted by Crippen LogP contribution is 2.21. The molecule has 0 aromatic heterocycles. The van der Waals surface area contributed by atoms with Crippen molar-refractivity contribution < 1.29 is 19.2 Å². The first-order valence-electron chi connectivity index (χ1n) is 4.35. The number of carbonyl (C=O) groups excluding carboxylic acids is 1. The van der Waals surface area contributed by atoms with Crippen molar-refractivity contribution in [2.45, 2.75) is 25.5 Å². The van der Waals surface area contributed by atoms with Gasteiger partial charge in [0.15, 0.2) is 6.04 Å². The highest BCUT2D eigenvalue weighted by atomic mass is 17.0. The summed E-state index contributed by atoms with van der Waals surface area (Å²) in [4.78, 5) is 21.3. The molecule has 1 aliphatic heterocycles. The molecular formula is C9H13NO4. The van der Waals surface area contributed by atoms with Crippen LogP contribution < -0.4 is 0 Å². The van der Waals surface area contributed by atoms with Gasteiger partial charge in [-0.05, 0) is 6.92 Å². The lowest BCUT2D eigenvalue weighted by Crippen LogP contribution is -2.35. The predicted octanol–water partition coefficient (Wildman–Crippen LogP) is 0.119. The Bertz CT molecular complexity index is 248. The molecule has 78 valence electrons. The summed E-state index contributed by atoms with van der Waals surface area (Å²) in [7, 11) is 1.41. The van der Waals surface area contributed by atoms with E-state index in [1.54, 1.807) is 6.92 Å². The molecule has 2 unspecified atom stereocenters. The first kappa shape index (κ1) is 11.0. The van der Waals surface area contributed by atoms with Crippen LogP contribution in [0, 0.1) is 12.3 Å². The first-order valence-corrected chi connectivity index (χ1v) is 4.35. The van der Waals surface area contributed by atoms with Crippen LogP contribution in [0.5, 0.6) is 0 Å². The van der Waals surface area contributed by atoms with Gasteiger partial charge in [0, 0.05) is 6.42 Å². The molecule has 2 atom stereocenters. The second kappa shape index (κ2) is 4.96. The Kier molecular flexibility index (Phi) is 3.89. The highest BCUT2D eigenvalue weighted by Gasteiger charge is 2.39. The van der Waals surface area contributed by atoms with Crippen LogP contribution in [0.15, 0.2) is 0 Å². The van der Waals surface area contributed by atoms with Crippen LogP contribution in [0.2, 0.25) is 0 Å². The van der Waals surface area contributed by atoms with Gasteiger partial charge in [-0.2, -0.15) is 0 Å². The van der Waals surface area contributed by atoms with Crippen LogP contribution >= 0.6 is 0 Å². The van der Waals surface area contributed by atoms with Crippen LogP contribution in [0.1, 0.15) is 13.3 Å². The summed E-state index contributed by atoms with van der Waals surface area (Å²) >= 11 is 0. The molecule has 5 nitrogen and oxygen atoms in total. The van der Waals surface area contributed by atoms with Crippen LogP contribution in [0.3, 0.4) is 0 Å². The maximum absolute atomic E-state index is 11.4. The van der Waals surface area contributed by atoms with Gasteiger partial charge in [-0.15, -0.1) is 6.42 Å². The largest absolute Gasteiger partial charge is 0.465 e. The van der Waals surface area contributed by atoms with Crippen molar-refractivity contribution in [3.63, 3.8) is 0 Å². The molecule has 0 saturated carbocycles. The summed E-state index contributed by atoms with van der Waals surface area (Å²) in [6, 6.07) is -0.569. The summed E-state index contributed by atoms with van der Waals surface area (Å²) in [5.41, 5.74) is 0. The number of hydrogen-bond acceptors (Lipinski definition) is 5. The molecule has 1 aliphatic rings. The fourth-order valence-corrected chi connectivity index (χ4v) is 1.22. The molecule has 0 aromatic rings. The smallest absolute Gasteiger partial charge is 0.328 e. The number of hydroxylamine groups is 2. The number of rotatable bonds is 3. The molecule has 0 spiro atoms. The molecule has 1 saturated heterocycles. The number of nitrogens with zero attached hydrogens (tertiary/aromatic N) is 1. The lowest BCUT2D eigenvalue weighted by molar-refractivity contribution is -0.348. The van der Waals surface area contributed by atoms with E-state index in [9.17, 15) is 4.79 Å². The van der Waals surface area contributed by atoms with Gasteiger partial charge in [-0.25, -0.2) is 0 Å². The van der Waals surface area contributed by atoms with E-state index in [2.05, 4.69) is 5.92 Å². The number of esters is 1. The Hall–Kier alpha value is -1.09. The highest BCUT2D eigenvalue weighted by molar-refractivity contribution is 5.75. The van der Waals surface area contributed by atoms with E-state index in [0.29, 0.717) is 13.0 Å². The lowest BCUT2D eigenvalue weighted by atomic mass is 10.1. The van der Waals surface area contributed by atoms with E-state index in [-0.39, 0.29) is 5.97 Å². The van der Waals surface area contributed by atoms with Crippen molar-refractivity contribution in [3.05, 3.63) is 0 Å². The third-order valence-corrected chi connectivity index (χ3v) is 1.85.